The van der Waals surface area contributed by atoms with E-state index in [1.54, 1.807) is 11.8 Å². The monoisotopic (exact) mass is 494 g/mol. The summed E-state index contributed by atoms with van der Waals surface area (Å²) in [6.07, 6.45) is 8.13. The van der Waals surface area contributed by atoms with E-state index in [0.29, 0.717) is 23.6 Å². The maximum atomic E-state index is 13.0. The SMILES string of the molecule is CSCCC(N)C(=O)NC(C)C(=O)NC(Cc1cnc[nH]1)C(=O)NC(Cc1cnc[nH]1)C(=O)O. The molecular formula is C20H30N8O5S. The smallest absolute Gasteiger partial charge is 0.326 e. The summed E-state index contributed by atoms with van der Waals surface area (Å²) < 4.78 is 0. The largest absolute Gasteiger partial charge is 0.480 e. The molecular weight excluding hydrogens is 464 g/mol. The van der Waals surface area contributed by atoms with Crippen LogP contribution in [0.1, 0.15) is 24.7 Å². The molecule has 13 nitrogen and oxygen atoms in total. The Morgan fingerprint density at radius 3 is 2.03 bits per heavy atom. The van der Waals surface area contributed by atoms with Crippen molar-refractivity contribution in [1.82, 2.24) is 35.9 Å². The number of rotatable bonds is 14. The maximum absolute atomic E-state index is 13.0. The fourth-order valence-corrected chi connectivity index (χ4v) is 3.46. The number of aromatic amines is 2. The first-order valence-electron chi connectivity index (χ1n) is 10.5. The van der Waals surface area contributed by atoms with Crippen LogP contribution in [-0.4, -0.2) is 84.9 Å². The van der Waals surface area contributed by atoms with Crippen LogP contribution in [0.5, 0.6) is 0 Å². The molecule has 186 valence electrons. The Hall–Kier alpha value is -3.39. The van der Waals surface area contributed by atoms with Crippen molar-refractivity contribution in [3.05, 3.63) is 36.4 Å². The highest BCUT2D eigenvalue weighted by atomic mass is 32.2. The quantitative estimate of drug-likeness (QED) is 0.164. The van der Waals surface area contributed by atoms with Crippen LogP contribution in [0.15, 0.2) is 25.0 Å². The molecule has 2 aromatic heterocycles. The number of aromatic nitrogens is 4. The van der Waals surface area contributed by atoms with E-state index in [4.69, 9.17) is 5.73 Å². The van der Waals surface area contributed by atoms with Crippen LogP contribution < -0.4 is 21.7 Å². The second-order valence-electron chi connectivity index (χ2n) is 7.64. The topological polar surface area (TPSA) is 208 Å². The van der Waals surface area contributed by atoms with Gasteiger partial charge in [-0.1, -0.05) is 0 Å². The molecule has 0 aliphatic rings. The first-order valence-corrected chi connectivity index (χ1v) is 11.9. The standard InChI is InChI=1S/C20H30N8O5S/c1-11(26-18(30)14(21)3-4-34-2)17(29)27-15(5-12-7-22-9-24-12)19(31)28-16(20(32)33)6-13-8-23-10-25-13/h7-11,14-16H,3-6,21H2,1-2H3,(H,22,24)(H,23,25)(H,26,30)(H,27,29)(H,28,31)(H,32,33). The van der Waals surface area contributed by atoms with Crippen molar-refractivity contribution in [2.24, 2.45) is 5.73 Å². The Morgan fingerprint density at radius 1 is 0.971 bits per heavy atom. The average molecular weight is 495 g/mol. The van der Waals surface area contributed by atoms with Crippen LogP contribution in [0.25, 0.3) is 0 Å². The lowest BCUT2D eigenvalue weighted by atomic mass is 10.1. The first-order chi connectivity index (χ1) is 16.2. The number of nitrogens with one attached hydrogen (secondary N) is 5. The van der Waals surface area contributed by atoms with Gasteiger partial charge < -0.3 is 36.8 Å². The van der Waals surface area contributed by atoms with E-state index in [-0.39, 0.29) is 12.8 Å². The van der Waals surface area contributed by atoms with Crippen molar-refractivity contribution in [2.75, 3.05) is 12.0 Å². The van der Waals surface area contributed by atoms with E-state index in [0.717, 1.165) is 0 Å². The number of carbonyl (C=O) groups excluding carboxylic acids is 3. The van der Waals surface area contributed by atoms with Gasteiger partial charge in [-0.3, -0.25) is 14.4 Å². The minimum atomic E-state index is -1.25. The van der Waals surface area contributed by atoms with Gasteiger partial charge in [-0.2, -0.15) is 11.8 Å². The molecule has 0 radical (unpaired) electrons. The number of thioether (sulfide) groups is 1. The minimum Gasteiger partial charge on any atom is -0.480 e. The molecule has 0 aromatic carbocycles. The number of amides is 3. The van der Waals surface area contributed by atoms with Gasteiger partial charge in [0, 0.05) is 36.6 Å². The minimum absolute atomic E-state index is 0.0216. The van der Waals surface area contributed by atoms with Gasteiger partial charge >= 0.3 is 5.97 Å². The number of carbonyl (C=O) groups is 4. The first kappa shape index (κ1) is 26.9. The Labute approximate surface area is 200 Å². The predicted molar refractivity (Wildman–Crippen MR) is 125 cm³/mol. The molecule has 0 spiro atoms. The number of nitrogens with zero attached hydrogens (tertiary/aromatic N) is 2. The molecule has 2 rings (SSSR count). The predicted octanol–water partition coefficient (Wildman–Crippen LogP) is -1.44. The lowest BCUT2D eigenvalue weighted by Crippen LogP contribution is -2.57. The molecule has 34 heavy (non-hydrogen) atoms. The van der Waals surface area contributed by atoms with Gasteiger partial charge in [-0.25, -0.2) is 14.8 Å². The Balaban J connectivity index is 2.05. The zero-order valence-electron chi connectivity index (χ0n) is 18.9. The number of aliphatic carboxylic acids is 1. The molecule has 0 aliphatic heterocycles. The van der Waals surface area contributed by atoms with Crippen LogP contribution in [0.2, 0.25) is 0 Å². The van der Waals surface area contributed by atoms with Gasteiger partial charge in [-0.15, -0.1) is 0 Å². The summed E-state index contributed by atoms with van der Waals surface area (Å²) in [6, 6.07) is -4.10. The Bertz CT molecular complexity index is 937. The Kier molecular flexibility index (Phi) is 10.5. The summed E-state index contributed by atoms with van der Waals surface area (Å²) in [4.78, 5) is 62.9. The van der Waals surface area contributed by atoms with Gasteiger partial charge in [0.25, 0.3) is 0 Å². The third-order valence-corrected chi connectivity index (χ3v) is 5.57. The summed E-state index contributed by atoms with van der Waals surface area (Å²) in [6.45, 7) is 1.47. The molecule has 2 heterocycles. The van der Waals surface area contributed by atoms with Gasteiger partial charge in [0.15, 0.2) is 0 Å². The summed E-state index contributed by atoms with van der Waals surface area (Å²) in [5, 5.41) is 17.1. The molecule has 0 fully saturated rings. The third-order valence-electron chi connectivity index (χ3n) is 4.93. The van der Waals surface area contributed by atoms with Crippen molar-refractivity contribution in [3.8, 4) is 0 Å². The number of imidazole rings is 2. The normalized spacial score (nSPS) is 14.4. The zero-order chi connectivity index (χ0) is 25.1. The van der Waals surface area contributed by atoms with E-state index < -0.39 is 47.9 Å². The maximum Gasteiger partial charge on any atom is 0.326 e. The van der Waals surface area contributed by atoms with Crippen LogP contribution in [0, 0.1) is 0 Å². The number of hydrogen-bond acceptors (Lipinski definition) is 8. The van der Waals surface area contributed by atoms with Gasteiger partial charge in [0.2, 0.25) is 17.7 Å². The van der Waals surface area contributed by atoms with Crippen LogP contribution in [-0.2, 0) is 32.0 Å². The fourth-order valence-electron chi connectivity index (χ4n) is 2.97. The molecule has 4 atom stereocenters. The zero-order valence-corrected chi connectivity index (χ0v) is 19.7. The number of hydrogen-bond donors (Lipinski definition) is 7. The Morgan fingerprint density at radius 2 is 1.53 bits per heavy atom. The molecule has 3 amide bonds. The molecule has 0 aliphatic carbocycles. The highest BCUT2D eigenvalue weighted by Gasteiger charge is 2.29. The molecule has 2 aromatic rings. The molecule has 0 saturated heterocycles. The van der Waals surface area contributed by atoms with Crippen molar-refractivity contribution in [1.29, 1.82) is 0 Å². The fraction of sp³-hybridized carbons (Fsp3) is 0.500. The summed E-state index contributed by atoms with van der Waals surface area (Å²) in [5.41, 5.74) is 6.91. The molecule has 14 heteroatoms. The number of carboxylic acid groups (broad SMARTS) is 1. The number of H-pyrrole nitrogens is 2. The molecule has 4 unspecified atom stereocenters. The van der Waals surface area contributed by atoms with Crippen molar-refractivity contribution in [2.45, 2.75) is 50.4 Å². The lowest BCUT2D eigenvalue weighted by molar-refractivity contribution is -0.142. The summed E-state index contributed by atoms with van der Waals surface area (Å²) in [7, 11) is 0. The van der Waals surface area contributed by atoms with Crippen molar-refractivity contribution in [3.63, 3.8) is 0 Å². The van der Waals surface area contributed by atoms with Gasteiger partial charge in [0.05, 0.1) is 18.7 Å². The van der Waals surface area contributed by atoms with E-state index in [9.17, 15) is 24.3 Å². The molecule has 0 bridgehead atoms. The van der Waals surface area contributed by atoms with Crippen molar-refractivity contribution < 1.29 is 24.3 Å². The highest BCUT2D eigenvalue weighted by molar-refractivity contribution is 7.98. The second-order valence-corrected chi connectivity index (χ2v) is 8.63. The lowest BCUT2D eigenvalue weighted by Gasteiger charge is -2.23. The van der Waals surface area contributed by atoms with Crippen LogP contribution >= 0.6 is 11.8 Å². The molecule has 8 N–H and O–H groups in total. The van der Waals surface area contributed by atoms with Crippen molar-refractivity contribution >= 4 is 35.5 Å². The van der Waals surface area contributed by atoms with E-state index in [2.05, 4.69) is 35.9 Å². The third kappa shape index (κ3) is 8.51. The van der Waals surface area contributed by atoms with Gasteiger partial charge in [0.1, 0.15) is 18.1 Å². The highest BCUT2D eigenvalue weighted by Crippen LogP contribution is 2.04. The van der Waals surface area contributed by atoms with Crippen LogP contribution in [0.4, 0.5) is 0 Å². The molecule has 0 saturated carbocycles. The second kappa shape index (κ2) is 13.3. The summed E-state index contributed by atoms with van der Waals surface area (Å²) >= 11 is 1.55. The van der Waals surface area contributed by atoms with Gasteiger partial charge in [-0.05, 0) is 25.4 Å². The number of carboxylic acids is 1. The van der Waals surface area contributed by atoms with E-state index >= 15 is 0 Å². The average Bonchev–Trinajstić information content (AvgIpc) is 3.50. The summed E-state index contributed by atoms with van der Waals surface area (Å²) in [5.74, 6) is -2.34. The number of nitrogens with two attached hydrogens (primary N) is 1. The van der Waals surface area contributed by atoms with E-state index in [1.165, 1.54) is 32.0 Å². The van der Waals surface area contributed by atoms with Crippen LogP contribution in [0.3, 0.4) is 0 Å². The van der Waals surface area contributed by atoms with E-state index in [1.807, 2.05) is 6.26 Å².